The summed E-state index contributed by atoms with van der Waals surface area (Å²) in [6, 6.07) is 0. The summed E-state index contributed by atoms with van der Waals surface area (Å²) >= 11 is 0. The van der Waals surface area contributed by atoms with Gasteiger partial charge in [-0.2, -0.15) is 0 Å². The number of allylic oxidation sites excluding steroid dienone is 3. The van der Waals surface area contributed by atoms with Gasteiger partial charge in [0.2, 0.25) is 7.41 Å². The van der Waals surface area contributed by atoms with E-state index >= 15 is 0 Å². The first-order valence-electron chi connectivity index (χ1n) is 4.83. The summed E-state index contributed by atoms with van der Waals surface area (Å²) in [5.41, 5.74) is 3.37. The molecule has 0 saturated heterocycles. The van der Waals surface area contributed by atoms with Crippen LogP contribution in [0.4, 0.5) is 0 Å². The summed E-state index contributed by atoms with van der Waals surface area (Å²) in [5, 5.41) is 3.20. The van der Waals surface area contributed by atoms with Gasteiger partial charge in [0.1, 0.15) is 0 Å². The van der Waals surface area contributed by atoms with Crippen molar-refractivity contribution < 1.29 is 0 Å². The Hall–Kier alpha value is -0.915. The largest absolute Gasteiger partial charge is 0.435 e. The van der Waals surface area contributed by atoms with E-state index in [1.807, 2.05) is 6.92 Å². The van der Waals surface area contributed by atoms with Gasteiger partial charge in [-0.25, -0.2) is 0 Å². The Kier molecular flexibility index (Phi) is 6.12. The minimum absolute atomic E-state index is 0.959. The van der Waals surface area contributed by atoms with Crippen molar-refractivity contribution in [3.8, 4) is 0 Å². The third-order valence-electron chi connectivity index (χ3n) is 1.99. The molecule has 0 aliphatic heterocycles. The summed E-state index contributed by atoms with van der Waals surface area (Å²) in [5.74, 6) is 0. The molecule has 72 valence electrons. The van der Waals surface area contributed by atoms with E-state index in [4.69, 9.17) is 0 Å². The summed E-state index contributed by atoms with van der Waals surface area (Å²) in [6.07, 6.45) is 3.16. The maximum atomic E-state index is 3.95. The second kappa shape index (κ2) is 6.58. The Morgan fingerprint density at radius 3 is 2.31 bits per heavy atom. The molecule has 0 rings (SSSR count). The third-order valence-corrected chi connectivity index (χ3v) is 1.99. The fourth-order valence-electron chi connectivity index (χ4n) is 1.07. The second-order valence-corrected chi connectivity index (χ2v) is 3.37. The summed E-state index contributed by atoms with van der Waals surface area (Å²) < 4.78 is 0. The first kappa shape index (κ1) is 12.1. The van der Waals surface area contributed by atoms with Gasteiger partial charge in [-0.05, 0) is 31.9 Å². The van der Waals surface area contributed by atoms with E-state index in [0.29, 0.717) is 0 Å². The normalized spacial score (nSPS) is 9.08. The molecule has 0 spiro atoms. The van der Waals surface area contributed by atoms with Crippen LogP contribution < -0.4 is 5.23 Å². The van der Waals surface area contributed by atoms with Crippen molar-refractivity contribution in [1.29, 1.82) is 0 Å². The van der Waals surface area contributed by atoms with E-state index in [0.717, 1.165) is 43.5 Å². The predicted octanol–water partition coefficient (Wildman–Crippen LogP) is 2.79. The van der Waals surface area contributed by atoms with Gasteiger partial charge >= 0.3 is 0 Å². The lowest BCUT2D eigenvalue weighted by Gasteiger charge is -2.07. The van der Waals surface area contributed by atoms with Gasteiger partial charge < -0.3 is 5.23 Å². The molecule has 0 aliphatic rings. The average molecular weight is 177 g/mol. The highest BCUT2D eigenvalue weighted by atomic mass is 14.8. The molecule has 13 heavy (non-hydrogen) atoms. The zero-order valence-corrected chi connectivity index (χ0v) is 8.95. The first-order chi connectivity index (χ1) is 6.07. The Balaban J connectivity index is 3.50. The summed E-state index contributed by atoms with van der Waals surface area (Å²) in [6.45, 7) is 15.8. The molecule has 0 heterocycles. The molecular weight excluding hydrogens is 157 g/mol. The molecular formula is C11H20BN. The molecule has 0 aliphatic carbocycles. The van der Waals surface area contributed by atoms with Crippen LogP contribution in [0.3, 0.4) is 0 Å². The van der Waals surface area contributed by atoms with Gasteiger partial charge in [-0.1, -0.05) is 37.7 Å². The molecule has 1 N–H and O–H groups in total. The number of hydrogen-bond donors (Lipinski definition) is 1. The van der Waals surface area contributed by atoms with Crippen molar-refractivity contribution in [2.24, 2.45) is 0 Å². The monoisotopic (exact) mass is 177 g/mol. The summed E-state index contributed by atoms with van der Waals surface area (Å²) in [4.78, 5) is 0. The van der Waals surface area contributed by atoms with Crippen LogP contribution in [0.1, 0.15) is 26.2 Å². The SMILES string of the molecule is C=C(CCCC(=C)C(=C)C)NBC. The smallest absolute Gasteiger partial charge is 0.229 e. The highest BCUT2D eigenvalue weighted by Crippen LogP contribution is 2.13. The topological polar surface area (TPSA) is 12.0 Å². The molecule has 1 nitrogen and oxygen atoms in total. The molecule has 0 radical (unpaired) electrons. The number of nitrogens with one attached hydrogen (secondary N) is 1. The van der Waals surface area contributed by atoms with Crippen molar-refractivity contribution in [1.82, 2.24) is 5.23 Å². The molecule has 0 aromatic heterocycles. The van der Waals surface area contributed by atoms with E-state index in [-0.39, 0.29) is 0 Å². The molecule has 0 atom stereocenters. The lowest BCUT2D eigenvalue weighted by Crippen LogP contribution is -2.14. The third kappa shape index (κ3) is 6.26. The minimum Gasteiger partial charge on any atom is -0.435 e. The van der Waals surface area contributed by atoms with Gasteiger partial charge in [0.05, 0.1) is 0 Å². The summed E-state index contributed by atoms with van der Waals surface area (Å²) in [7, 11) is 0.959. The molecule has 2 heteroatoms. The van der Waals surface area contributed by atoms with Crippen LogP contribution in [0.15, 0.2) is 36.6 Å². The Morgan fingerprint density at radius 2 is 1.85 bits per heavy atom. The fraction of sp³-hybridized carbons (Fsp3) is 0.455. The van der Waals surface area contributed by atoms with Gasteiger partial charge in [-0.3, -0.25) is 0 Å². The van der Waals surface area contributed by atoms with E-state index in [9.17, 15) is 0 Å². The van der Waals surface area contributed by atoms with Gasteiger partial charge in [0.15, 0.2) is 0 Å². The number of rotatable bonds is 7. The maximum absolute atomic E-state index is 3.95. The highest BCUT2D eigenvalue weighted by Gasteiger charge is 1.96. The molecule has 0 bridgehead atoms. The van der Waals surface area contributed by atoms with Crippen LogP contribution in [-0.4, -0.2) is 7.41 Å². The Labute approximate surface area is 82.9 Å². The second-order valence-electron chi connectivity index (χ2n) is 3.37. The average Bonchev–Trinajstić information content (AvgIpc) is 2.04. The van der Waals surface area contributed by atoms with E-state index in [1.165, 1.54) is 0 Å². The van der Waals surface area contributed by atoms with Crippen LogP contribution in [-0.2, 0) is 0 Å². The van der Waals surface area contributed by atoms with Crippen molar-refractivity contribution >= 4 is 7.41 Å². The molecule has 0 aromatic rings. The fourth-order valence-corrected chi connectivity index (χ4v) is 1.07. The van der Waals surface area contributed by atoms with Crippen LogP contribution in [0, 0.1) is 0 Å². The van der Waals surface area contributed by atoms with Gasteiger partial charge in [0.25, 0.3) is 0 Å². The molecule has 0 aromatic carbocycles. The van der Waals surface area contributed by atoms with E-state index < -0.39 is 0 Å². The van der Waals surface area contributed by atoms with Crippen LogP contribution >= 0.6 is 0 Å². The molecule has 0 amide bonds. The van der Waals surface area contributed by atoms with Crippen molar-refractivity contribution in [2.45, 2.75) is 33.0 Å². The van der Waals surface area contributed by atoms with E-state index in [1.54, 1.807) is 0 Å². The minimum atomic E-state index is 0.959. The highest BCUT2D eigenvalue weighted by molar-refractivity contribution is 6.30. The molecule has 0 saturated carbocycles. The standard InChI is InChI=1S/C11H20BN/c1-9(2)10(3)7-6-8-11(4)13-12-5/h12-13H,1,3-4,6-8H2,2,5H3. The van der Waals surface area contributed by atoms with Crippen LogP contribution in [0.2, 0.25) is 6.82 Å². The van der Waals surface area contributed by atoms with E-state index in [2.05, 4.69) is 31.8 Å². The van der Waals surface area contributed by atoms with Gasteiger partial charge in [0, 0.05) is 0 Å². The quantitative estimate of drug-likeness (QED) is 0.465. The lowest BCUT2D eigenvalue weighted by molar-refractivity contribution is 0.790. The first-order valence-corrected chi connectivity index (χ1v) is 4.83. The zero-order valence-electron chi connectivity index (χ0n) is 8.95. The predicted molar refractivity (Wildman–Crippen MR) is 63.1 cm³/mol. The van der Waals surface area contributed by atoms with Crippen molar-refractivity contribution in [3.05, 3.63) is 36.6 Å². The van der Waals surface area contributed by atoms with Crippen molar-refractivity contribution in [3.63, 3.8) is 0 Å². The molecule has 0 unspecified atom stereocenters. The van der Waals surface area contributed by atoms with Crippen LogP contribution in [0.5, 0.6) is 0 Å². The Morgan fingerprint density at radius 1 is 1.23 bits per heavy atom. The lowest BCUT2D eigenvalue weighted by atomic mass is 9.98. The van der Waals surface area contributed by atoms with Crippen molar-refractivity contribution in [2.75, 3.05) is 0 Å². The molecule has 0 fully saturated rings. The maximum Gasteiger partial charge on any atom is 0.229 e. The Bertz CT molecular complexity index is 206. The zero-order chi connectivity index (χ0) is 10.3. The van der Waals surface area contributed by atoms with Gasteiger partial charge in [-0.15, -0.1) is 0 Å². The number of hydrogen-bond acceptors (Lipinski definition) is 1. The van der Waals surface area contributed by atoms with Crippen LogP contribution in [0.25, 0.3) is 0 Å².